The zero-order chi connectivity index (χ0) is 7.28. The van der Waals surface area contributed by atoms with Crippen LogP contribution in [0.1, 0.15) is 6.92 Å². The Morgan fingerprint density at radius 2 is 2.22 bits per heavy atom. The van der Waals surface area contributed by atoms with Crippen LogP contribution in [0.15, 0.2) is 12.2 Å². The van der Waals surface area contributed by atoms with Crippen LogP contribution in [-0.4, -0.2) is 24.3 Å². The number of hydrogen-bond donors (Lipinski definition) is 1. The average Bonchev–Trinajstić information content (AvgIpc) is 2.20. The Kier molecular flexibility index (Phi) is 3.71. The molecule has 0 saturated heterocycles. The largest absolute Gasteiger partial charge is 0.455 e. The summed E-state index contributed by atoms with van der Waals surface area (Å²) in [5.41, 5.74) is 0. The van der Waals surface area contributed by atoms with Gasteiger partial charge in [0.1, 0.15) is 6.10 Å². The van der Waals surface area contributed by atoms with Gasteiger partial charge in [-0.15, -0.1) is 0 Å². The maximum Gasteiger partial charge on any atom is 0.331 e. The van der Waals surface area contributed by atoms with Gasteiger partial charge in [0.15, 0.2) is 0 Å². The van der Waals surface area contributed by atoms with E-state index >= 15 is 0 Å². The van der Waals surface area contributed by atoms with E-state index in [1.54, 1.807) is 6.08 Å². The zero-order valence-electron chi connectivity index (χ0n) is 5.50. The molecule has 1 heterocycles. The number of rotatable bonds is 0. The van der Waals surface area contributed by atoms with Crippen LogP contribution >= 0.6 is 0 Å². The van der Waals surface area contributed by atoms with Gasteiger partial charge in [-0.25, -0.2) is 4.79 Å². The van der Waals surface area contributed by atoms with Crippen molar-refractivity contribution in [2.45, 2.75) is 13.0 Å². The summed E-state index contributed by atoms with van der Waals surface area (Å²) in [6, 6.07) is 0. The molecule has 0 amide bonds. The standard InChI is InChI=1S/C5H6O2.CH4O/c1-4-2-3-5(6)7-4;1-2/h2-4H,1H3;2H,1H3. The van der Waals surface area contributed by atoms with E-state index in [4.69, 9.17) is 5.11 Å². The Balaban J connectivity index is 0.000000291. The summed E-state index contributed by atoms with van der Waals surface area (Å²) in [7, 11) is 1.00. The van der Waals surface area contributed by atoms with Crippen molar-refractivity contribution in [1.82, 2.24) is 0 Å². The van der Waals surface area contributed by atoms with Crippen molar-refractivity contribution in [1.29, 1.82) is 0 Å². The molecule has 0 aromatic heterocycles. The topological polar surface area (TPSA) is 46.5 Å². The van der Waals surface area contributed by atoms with Gasteiger partial charge in [0.2, 0.25) is 0 Å². The van der Waals surface area contributed by atoms with Crippen LogP contribution in [0.25, 0.3) is 0 Å². The molecule has 3 heteroatoms. The summed E-state index contributed by atoms with van der Waals surface area (Å²) in [6.07, 6.45) is 3.15. The molecule has 0 aromatic rings. The fourth-order valence-electron chi connectivity index (χ4n) is 0.476. The van der Waals surface area contributed by atoms with Crippen LogP contribution in [0.5, 0.6) is 0 Å². The zero-order valence-corrected chi connectivity index (χ0v) is 5.50. The third-order valence-electron chi connectivity index (χ3n) is 0.805. The van der Waals surface area contributed by atoms with Gasteiger partial charge in [0.05, 0.1) is 0 Å². The first kappa shape index (κ1) is 8.17. The first-order chi connectivity index (χ1) is 4.29. The van der Waals surface area contributed by atoms with Crippen molar-refractivity contribution in [2.75, 3.05) is 7.11 Å². The van der Waals surface area contributed by atoms with Gasteiger partial charge >= 0.3 is 5.97 Å². The van der Waals surface area contributed by atoms with Crippen LogP contribution in [0.3, 0.4) is 0 Å². The van der Waals surface area contributed by atoms with Crippen LogP contribution < -0.4 is 0 Å². The predicted octanol–water partition coefficient (Wildman–Crippen LogP) is 0.0964. The molecule has 52 valence electrons. The summed E-state index contributed by atoms with van der Waals surface area (Å²) in [4.78, 5) is 10.1. The molecule has 1 aliphatic rings. The number of carbonyl (C=O) groups excluding carboxylic acids is 1. The molecule has 0 radical (unpaired) electrons. The Labute approximate surface area is 53.9 Å². The van der Waals surface area contributed by atoms with Gasteiger partial charge in [-0.1, -0.05) is 0 Å². The number of aliphatic hydroxyl groups is 1. The monoisotopic (exact) mass is 130 g/mol. The molecule has 0 aromatic carbocycles. The molecule has 3 nitrogen and oxygen atoms in total. The molecule has 1 atom stereocenters. The second-order valence-corrected chi connectivity index (χ2v) is 1.50. The third-order valence-corrected chi connectivity index (χ3v) is 0.805. The first-order valence-electron chi connectivity index (χ1n) is 2.62. The molecule has 0 fully saturated rings. The summed E-state index contributed by atoms with van der Waals surface area (Å²) in [5, 5.41) is 7.00. The lowest BCUT2D eigenvalue weighted by Gasteiger charge is -1.95. The molecular formula is C6H10O3. The van der Waals surface area contributed by atoms with Crippen molar-refractivity contribution in [2.24, 2.45) is 0 Å². The first-order valence-corrected chi connectivity index (χ1v) is 2.62. The lowest BCUT2D eigenvalue weighted by molar-refractivity contribution is -0.137. The second kappa shape index (κ2) is 4.09. The highest BCUT2D eigenvalue weighted by atomic mass is 16.5. The summed E-state index contributed by atoms with van der Waals surface area (Å²) >= 11 is 0. The molecule has 0 aliphatic carbocycles. The van der Waals surface area contributed by atoms with Gasteiger partial charge < -0.3 is 9.84 Å². The highest BCUT2D eigenvalue weighted by Crippen LogP contribution is 2.01. The van der Waals surface area contributed by atoms with Crippen molar-refractivity contribution in [3.63, 3.8) is 0 Å². The smallest absolute Gasteiger partial charge is 0.331 e. The third kappa shape index (κ3) is 2.87. The molecule has 0 saturated carbocycles. The number of hydrogen-bond acceptors (Lipinski definition) is 3. The summed E-state index contributed by atoms with van der Waals surface area (Å²) in [6.45, 7) is 1.82. The fourth-order valence-corrected chi connectivity index (χ4v) is 0.476. The molecule has 1 aliphatic heterocycles. The number of esters is 1. The van der Waals surface area contributed by atoms with Gasteiger partial charge in [-0.05, 0) is 13.0 Å². The molecular weight excluding hydrogens is 120 g/mol. The quantitative estimate of drug-likeness (QED) is 0.473. The maximum absolute atomic E-state index is 10.1. The highest BCUT2D eigenvalue weighted by Gasteiger charge is 2.08. The van der Waals surface area contributed by atoms with Gasteiger partial charge in [-0.3, -0.25) is 0 Å². The lowest BCUT2D eigenvalue weighted by atomic mass is 10.4. The van der Waals surface area contributed by atoms with Gasteiger partial charge in [-0.2, -0.15) is 0 Å². The Bertz CT molecular complexity index is 117. The summed E-state index contributed by atoms with van der Waals surface area (Å²) in [5.74, 6) is -0.229. The predicted molar refractivity (Wildman–Crippen MR) is 32.8 cm³/mol. The minimum absolute atomic E-state index is 0.00694. The van der Waals surface area contributed by atoms with Crippen molar-refractivity contribution in [3.05, 3.63) is 12.2 Å². The van der Waals surface area contributed by atoms with E-state index in [0.29, 0.717) is 0 Å². The molecule has 0 spiro atoms. The molecule has 1 rings (SSSR count). The van der Waals surface area contributed by atoms with E-state index < -0.39 is 0 Å². The number of ether oxygens (including phenoxy) is 1. The number of cyclic esters (lactones) is 1. The Morgan fingerprint density at radius 1 is 1.67 bits per heavy atom. The van der Waals surface area contributed by atoms with Crippen LogP contribution in [0, 0.1) is 0 Å². The maximum atomic E-state index is 10.1. The van der Waals surface area contributed by atoms with Crippen molar-refractivity contribution < 1.29 is 14.6 Å². The second-order valence-electron chi connectivity index (χ2n) is 1.50. The van der Waals surface area contributed by atoms with Crippen LogP contribution in [0.2, 0.25) is 0 Å². The lowest BCUT2D eigenvalue weighted by Crippen LogP contribution is -2.00. The Hall–Kier alpha value is -0.830. The average molecular weight is 130 g/mol. The van der Waals surface area contributed by atoms with E-state index in [2.05, 4.69) is 4.74 Å². The number of carbonyl (C=O) groups is 1. The fraction of sp³-hybridized carbons (Fsp3) is 0.500. The van der Waals surface area contributed by atoms with Crippen LogP contribution in [-0.2, 0) is 9.53 Å². The van der Waals surface area contributed by atoms with E-state index in [1.807, 2.05) is 6.92 Å². The van der Waals surface area contributed by atoms with Crippen LogP contribution in [0.4, 0.5) is 0 Å². The Morgan fingerprint density at radius 3 is 2.33 bits per heavy atom. The van der Waals surface area contributed by atoms with E-state index in [-0.39, 0.29) is 12.1 Å². The van der Waals surface area contributed by atoms with Gasteiger partial charge in [0, 0.05) is 13.2 Å². The van der Waals surface area contributed by atoms with E-state index in [9.17, 15) is 4.79 Å². The molecule has 1 N–H and O–H groups in total. The van der Waals surface area contributed by atoms with E-state index in [1.165, 1.54) is 6.08 Å². The normalized spacial score (nSPS) is 22.6. The van der Waals surface area contributed by atoms with Gasteiger partial charge in [0.25, 0.3) is 0 Å². The summed E-state index contributed by atoms with van der Waals surface area (Å²) < 4.78 is 4.61. The molecule has 1 unspecified atom stereocenters. The van der Waals surface area contributed by atoms with Crippen molar-refractivity contribution in [3.8, 4) is 0 Å². The minimum Gasteiger partial charge on any atom is -0.455 e. The minimum atomic E-state index is -0.229. The highest BCUT2D eigenvalue weighted by molar-refractivity contribution is 5.84. The SMILES string of the molecule is CC1C=CC(=O)O1.CO. The van der Waals surface area contributed by atoms with Crippen molar-refractivity contribution >= 4 is 5.97 Å². The molecule has 9 heavy (non-hydrogen) atoms. The number of aliphatic hydroxyl groups excluding tert-OH is 1. The molecule has 0 bridgehead atoms. The van der Waals surface area contributed by atoms with E-state index in [0.717, 1.165) is 7.11 Å².